The number of carbonyl (C=O) groups excluding carboxylic acids is 3. The molecule has 3 N–H and O–H groups in total. The number of benzene rings is 2. The van der Waals surface area contributed by atoms with Gasteiger partial charge in [-0.05, 0) is 55.5 Å². The first-order valence-electron chi connectivity index (χ1n) is 16.2. The molecule has 6 rings (SSSR count). The number of nitrogens with one attached hydrogen (secondary N) is 3. The predicted molar refractivity (Wildman–Crippen MR) is 178 cm³/mol. The van der Waals surface area contributed by atoms with Gasteiger partial charge in [0.1, 0.15) is 17.7 Å². The minimum Gasteiger partial charge on any atom is -0.361 e. The fourth-order valence-corrected chi connectivity index (χ4v) is 6.26. The fourth-order valence-electron chi connectivity index (χ4n) is 6.26. The Bertz CT molecular complexity index is 1860. The van der Waals surface area contributed by atoms with E-state index in [1.807, 2.05) is 61.7 Å². The Kier molecular flexibility index (Phi) is 9.46. The zero-order chi connectivity index (χ0) is 32.9. The molecular weight excluding hydrogens is 594 g/mol. The standard InChI is InChI=1S/C35H41N9O3/c1-23(2)20-29-33-38-24(3)41-44(33)19-18-42(35(47)27-11-5-7-13-31(27)43-17-9-15-37-43)16-8-14-32(45)39-30(34(46)40-29)21-25-22-36-28-12-6-4-10-26(25)28/h4-7,9-13,15,17,22-23,29-30,36H,8,14,16,18-21H2,1-3H3,(H,39,45)(H,40,46)/t29-,30+/m0/s1. The van der Waals surface area contributed by atoms with Crippen molar-refractivity contribution in [1.82, 2.24) is 45.1 Å². The van der Waals surface area contributed by atoms with E-state index < -0.39 is 12.1 Å². The summed E-state index contributed by atoms with van der Waals surface area (Å²) >= 11 is 0. The van der Waals surface area contributed by atoms with Crippen LogP contribution in [0.5, 0.6) is 0 Å². The maximum atomic E-state index is 14.1. The topological polar surface area (TPSA) is 143 Å². The van der Waals surface area contributed by atoms with E-state index in [1.165, 1.54) is 0 Å². The summed E-state index contributed by atoms with van der Waals surface area (Å²) in [4.78, 5) is 51.3. The molecule has 0 spiro atoms. The van der Waals surface area contributed by atoms with Gasteiger partial charge in [-0.25, -0.2) is 14.3 Å². The molecule has 12 heteroatoms. The van der Waals surface area contributed by atoms with Gasteiger partial charge in [0.2, 0.25) is 11.8 Å². The predicted octanol–water partition coefficient (Wildman–Crippen LogP) is 4.12. The molecule has 0 saturated heterocycles. The van der Waals surface area contributed by atoms with Gasteiger partial charge in [0.15, 0.2) is 0 Å². The van der Waals surface area contributed by atoms with E-state index in [0.29, 0.717) is 61.8 Å². The molecule has 0 unspecified atom stereocenters. The highest BCUT2D eigenvalue weighted by atomic mass is 16.2. The van der Waals surface area contributed by atoms with Crippen molar-refractivity contribution in [1.29, 1.82) is 0 Å². The zero-order valence-electron chi connectivity index (χ0n) is 27.0. The average Bonchev–Trinajstić information content (AvgIpc) is 3.82. The quantitative estimate of drug-likeness (QED) is 0.256. The van der Waals surface area contributed by atoms with Crippen molar-refractivity contribution in [3.05, 3.63) is 96.0 Å². The van der Waals surface area contributed by atoms with Crippen LogP contribution in [0, 0.1) is 12.8 Å². The molecule has 47 heavy (non-hydrogen) atoms. The summed E-state index contributed by atoms with van der Waals surface area (Å²) in [6.45, 7) is 7.07. The molecule has 1 aliphatic heterocycles. The van der Waals surface area contributed by atoms with Crippen molar-refractivity contribution in [2.24, 2.45) is 5.92 Å². The van der Waals surface area contributed by atoms with E-state index in [4.69, 9.17) is 4.98 Å². The summed E-state index contributed by atoms with van der Waals surface area (Å²) in [5.41, 5.74) is 3.10. The molecule has 2 aromatic carbocycles. The van der Waals surface area contributed by atoms with Gasteiger partial charge in [-0.15, -0.1) is 0 Å². The second-order valence-electron chi connectivity index (χ2n) is 12.5. The molecule has 1 aliphatic rings. The van der Waals surface area contributed by atoms with Crippen LogP contribution in [0.2, 0.25) is 0 Å². The third-order valence-electron chi connectivity index (χ3n) is 8.48. The van der Waals surface area contributed by atoms with Crippen molar-refractivity contribution in [2.75, 3.05) is 13.1 Å². The number of para-hydroxylation sites is 2. The molecule has 4 heterocycles. The van der Waals surface area contributed by atoms with Gasteiger partial charge in [-0.3, -0.25) is 14.4 Å². The first-order valence-corrected chi connectivity index (χ1v) is 16.2. The van der Waals surface area contributed by atoms with Gasteiger partial charge >= 0.3 is 0 Å². The Morgan fingerprint density at radius 3 is 2.60 bits per heavy atom. The van der Waals surface area contributed by atoms with Crippen molar-refractivity contribution in [2.45, 2.75) is 65.1 Å². The van der Waals surface area contributed by atoms with Gasteiger partial charge in [-0.2, -0.15) is 10.2 Å². The van der Waals surface area contributed by atoms with Gasteiger partial charge in [-0.1, -0.05) is 44.2 Å². The molecule has 3 aromatic heterocycles. The number of hydrogen-bond donors (Lipinski definition) is 3. The van der Waals surface area contributed by atoms with E-state index in [2.05, 4.69) is 39.7 Å². The number of rotatable bonds is 6. The van der Waals surface area contributed by atoms with Crippen LogP contribution in [0.3, 0.4) is 0 Å². The number of amides is 3. The van der Waals surface area contributed by atoms with Crippen LogP contribution < -0.4 is 10.6 Å². The Labute approximate surface area is 273 Å². The molecule has 0 aliphatic carbocycles. The Morgan fingerprint density at radius 1 is 0.979 bits per heavy atom. The third kappa shape index (κ3) is 7.26. The maximum Gasteiger partial charge on any atom is 0.256 e. The summed E-state index contributed by atoms with van der Waals surface area (Å²) in [6, 6.07) is 15.8. The highest BCUT2D eigenvalue weighted by Crippen LogP contribution is 2.24. The Balaban J connectivity index is 1.32. The van der Waals surface area contributed by atoms with Gasteiger partial charge in [0, 0.05) is 55.4 Å². The van der Waals surface area contributed by atoms with Crippen LogP contribution in [-0.2, 0) is 22.6 Å². The zero-order valence-corrected chi connectivity index (χ0v) is 27.0. The minimum absolute atomic E-state index is 0.158. The summed E-state index contributed by atoms with van der Waals surface area (Å²) < 4.78 is 3.48. The number of fused-ring (bicyclic) bond motifs is 2. The van der Waals surface area contributed by atoms with Gasteiger partial charge in [0.25, 0.3) is 5.91 Å². The minimum atomic E-state index is -0.810. The van der Waals surface area contributed by atoms with E-state index >= 15 is 0 Å². The number of H-pyrrole nitrogens is 1. The average molecular weight is 636 g/mol. The largest absolute Gasteiger partial charge is 0.361 e. The number of nitrogens with zero attached hydrogens (tertiary/aromatic N) is 6. The molecule has 0 saturated carbocycles. The van der Waals surface area contributed by atoms with Gasteiger partial charge in [0.05, 0.1) is 23.8 Å². The summed E-state index contributed by atoms with van der Waals surface area (Å²) in [5.74, 6) is 0.770. The second-order valence-corrected chi connectivity index (χ2v) is 12.5. The Morgan fingerprint density at radius 2 is 1.79 bits per heavy atom. The lowest BCUT2D eigenvalue weighted by molar-refractivity contribution is -0.129. The molecule has 0 fully saturated rings. The number of aromatic nitrogens is 6. The van der Waals surface area contributed by atoms with E-state index in [-0.39, 0.29) is 30.1 Å². The lowest BCUT2D eigenvalue weighted by Crippen LogP contribution is -2.49. The summed E-state index contributed by atoms with van der Waals surface area (Å²) in [7, 11) is 0. The maximum absolute atomic E-state index is 14.1. The SMILES string of the molecule is Cc1nc2n(n1)CCN(C(=O)c1ccccc1-n1cccn1)CCCC(=O)N[C@H](Cc1c[nH]c3ccccc13)C(=O)N[C@H]2CC(C)C. The monoisotopic (exact) mass is 635 g/mol. The van der Waals surface area contributed by atoms with Crippen molar-refractivity contribution in [3.63, 3.8) is 0 Å². The molecule has 3 amide bonds. The number of aromatic amines is 1. The van der Waals surface area contributed by atoms with Gasteiger partial charge < -0.3 is 20.5 Å². The second kappa shape index (κ2) is 14.0. The normalized spacial score (nSPS) is 18.1. The van der Waals surface area contributed by atoms with Crippen LogP contribution in [0.4, 0.5) is 0 Å². The number of carbonyl (C=O) groups is 3. The van der Waals surface area contributed by atoms with Crippen LogP contribution in [-0.4, -0.2) is 71.3 Å². The highest BCUT2D eigenvalue weighted by Gasteiger charge is 2.30. The van der Waals surface area contributed by atoms with Crippen molar-refractivity contribution in [3.8, 4) is 5.69 Å². The lowest BCUT2D eigenvalue weighted by Gasteiger charge is -2.27. The summed E-state index contributed by atoms with van der Waals surface area (Å²) in [6.07, 6.45) is 6.89. The van der Waals surface area contributed by atoms with Crippen molar-refractivity contribution >= 4 is 28.6 Å². The van der Waals surface area contributed by atoms with Crippen LogP contribution in [0.15, 0.2) is 73.2 Å². The van der Waals surface area contributed by atoms with Crippen LogP contribution in [0.1, 0.15) is 66.7 Å². The summed E-state index contributed by atoms with van der Waals surface area (Å²) in [5, 5.41) is 16.2. The molecule has 12 nitrogen and oxygen atoms in total. The lowest BCUT2D eigenvalue weighted by atomic mass is 10.0. The first kappa shape index (κ1) is 31.7. The van der Waals surface area contributed by atoms with E-state index in [0.717, 1.165) is 16.5 Å². The number of hydrogen-bond acceptors (Lipinski definition) is 6. The first-order chi connectivity index (χ1) is 22.8. The molecule has 0 radical (unpaired) electrons. The molecule has 0 bridgehead atoms. The van der Waals surface area contributed by atoms with Crippen LogP contribution in [0.25, 0.3) is 16.6 Å². The van der Waals surface area contributed by atoms with E-state index in [1.54, 1.807) is 32.7 Å². The Hall–Kier alpha value is -5.26. The van der Waals surface area contributed by atoms with Crippen LogP contribution >= 0.6 is 0 Å². The third-order valence-corrected chi connectivity index (χ3v) is 8.48. The fraction of sp³-hybridized carbons (Fsp3) is 0.371. The van der Waals surface area contributed by atoms with Crippen molar-refractivity contribution < 1.29 is 14.4 Å². The smallest absolute Gasteiger partial charge is 0.256 e. The molecule has 5 aromatic rings. The molecular formula is C35H41N9O3. The molecule has 244 valence electrons. The number of aryl methyl sites for hydroxylation is 1. The van der Waals surface area contributed by atoms with E-state index in [9.17, 15) is 14.4 Å². The molecule has 2 atom stereocenters. The highest BCUT2D eigenvalue weighted by molar-refractivity contribution is 5.98.